The van der Waals surface area contributed by atoms with Gasteiger partial charge in [0.05, 0.1) is 5.57 Å². The van der Waals surface area contributed by atoms with Crippen molar-refractivity contribution in [3.63, 3.8) is 0 Å². The summed E-state index contributed by atoms with van der Waals surface area (Å²) in [5.41, 5.74) is 10.8. The van der Waals surface area contributed by atoms with Gasteiger partial charge >= 0.3 is 6.03 Å². The number of aromatic amines is 1. The monoisotopic (exact) mass is 470 g/mol. The molecule has 1 fully saturated rings. The van der Waals surface area contributed by atoms with E-state index in [4.69, 9.17) is 5.73 Å². The Labute approximate surface area is 202 Å². The average molecular weight is 471 g/mol. The van der Waals surface area contributed by atoms with Crippen LogP contribution < -0.4 is 16.4 Å². The molecule has 2 aliphatic rings. The van der Waals surface area contributed by atoms with Gasteiger partial charge in [0, 0.05) is 60.6 Å². The Morgan fingerprint density at radius 3 is 2.60 bits per heavy atom. The van der Waals surface area contributed by atoms with Crippen LogP contribution in [0.25, 0.3) is 22.8 Å². The molecule has 5 N–H and O–H groups in total. The predicted octanol–water partition coefficient (Wildman–Crippen LogP) is 3.05. The number of urea groups is 1. The van der Waals surface area contributed by atoms with Crippen LogP contribution in [-0.2, 0) is 4.79 Å². The van der Waals surface area contributed by atoms with Crippen molar-refractivity contribution in [2.45, 2.75) is 0 Å². The molecule has 2 aliphatic heterocycles. The lowest BCUT2D eigenvalue weighted by atomic mass is 10.0. The van der Waals surface area contributed by atoms with Gasteiger partial charge in [0.25, 0.3) is 11.8 Å². The van der Waals surface area contributed by atoms with Crippen LogP contribution in [0.15, 0.2) is 54.7 Å². The second kappa shape index (κ2) is 9.11. The predicted molar refractivity (Wildman–Crippen MR) is 136 cm³/mol. The summed E-state index contributed by atoms with van der Waals surface area (Å²) < 4.78 is 0. The van der Waals surface area contributed by atoms with Crippen LogP contribution in [0.4, 0.5) is 16.2 Å². The van der Waals surface area contributed by atoms with E-state index in [1.54, 1.807) is 24.3 Å². The molecule has 0 atom stereocenters. The fourth-order valence-corrected chi connectivity index (χ4v) is 4.39. The van der Waals surface area contributed by atoms with E-state index in [0.717, 1.165) is 43.0 Å². The third-order valence-corrected chi connectivity index (χ3v) is 6.31. The second-order valence-electron chi connectivity index (χ2n) is 8.78. The first-order valence-electron chi connectivity index (χ1n) is 11.4. The smallest absolute Gasteiger partial charge is 0.316 e. The molecule has 3 heterocycles. The molecule has 5 rings (SSSR count). The minimum Gasteiger partial charge on any atom is -0.361 e. The largest absolute Gasteiger partial charge is 0.361 e. The van der Waals surface area contributed by atoms with Crippen molar-refractivity contribution >= 4 is 40.9 Å². The molecule has 0 bridgehead atoms. The van der Waals surface area contributed by atoms with Crippen molar-refractivity contribution in [3.05, 3.63) is 71.5 Å². The number of fused-ring (bicyclic) bond motifs is 1. The summed E-state index contributed by atoms with van der Waals surface area (Å²) in [7, 11) is 2.06. The van der Waals surface area contributed by atoms with Gasteiger partial charge in [0.2, 0.25) is 0 Å². The Morgan fingerprint density at radius 1 is 1.03 bits per heavy atom. The maximum absolute atomic E-state index is 13.0. The quantitative estimate of drug-likeness (QED) is 0.438. The van der Waals surface area contributed by atoms with Crippen molar-refractivity contribution in [3.8, 4) is 11.1 Å². The first-order chi connectivity index (χ1) is 16.9. The van der Waals surface area contributed by atoms with Gasteiger partial charge in [-0.15, -0.1) is 0 Å². The zero-order chi connectivity index (χ0) is 24.5. The fraction of sp³-hybridized carbons (Fsp3) is 0.192. The molecular formula is C26H26N6O3. The van der Waals surface area contributed by atoms with Crippen LogP contribution in [0, 0.1) is 0 Å². The van der Waals surface area contributed by atoms with E-state index in [-0.39, 0.29) is 11.8 Å². The first-order valence-corrected chi connectivity index (χ1v) is 11.4. The number of hydrogen-bond acceptors (Lipinski definition) is 4. The Morgan fingerprint density at radius 2 is 1.83 bits per heavy atom. The van der Waals surface area contributed by atoms with E-state index < -0.39 is 6.03 Å². The molecule has 0 aliphatic carbocycles. The zero-order valence-corrected chi connectivity index (χ0v) is 19.3. The van der Waals surface area contributed by atoms with E-state index in [1.165, 1.54) is 0 Å². The molecule has 0 unspecified atom stereocenters. The van der Waals surface area contributed by atoms with Gasteiger partial charge in [-0.1, -0.05) is 12.1 Å². The number of nitrogens with one attached hydrogen (secondary N) is 3. The number of primary amides is 1. The molecule has 35 heavy (non-hydrogen) atoms. The summed E-state index contributed by atoms with van der Waals surface area (Å²) in [5.74, 6) is -0.190. The number of carbonyl (C=O) groups is 3. The highest BCUT2D eigenvalue weighted by atomic mass is 16.2. The molecule has 3 aromatic rings. The number of hydrogen-bond donors (Lipinski definition) is 4. The molecule has 1 aromatic heterocycles. The maximum Gasteiger partial charge on any atom is 0.316 e. The number of piperazine rings is 1. The minimum absolute atomic E-state index is 0.0393. The van der Waals surface area contributed by atoms with Crippen molar-refractivity contribution in [1.82, 2.24) is 14.8 Å². The highest BCUT2D eigenvalue weighted by molar-refractivity contribution is 6.35. The van der Waals surface area contributed by atoms with Gasteiger partial charge in [-0.25, -0.2) is 4.79 Å². The fourth-order valence-electron chi connectivity index (χ4n) is 4.39. The first kappa shape index (κ1) is 22.4. The molecule has 0 radical (unpaired) electrons. The highest BCUT2D eigenvalue weighted by Crippen LogP contribution is 2.35. The molecule has 0 spiro atoms. The molecule has 9 nitrogen and oxygen atoms in total. The van der Waals surface area contributed by atoms with Crippen LogP contribution in [0.5, 0.6) is 0 Å². The number of nitrogens with two attached hydrogens (primary N) is 1. The normalized spacial score (nSPS) is 16.8. The van der Waals surface area contributed by atoms with E-state index in [1.807, 2.05) is 41.4 Å². The van der Waals surface area contributed by atoms with Crippen LogP contribution >= 0.6 is 0 Å². The molecule has 2 aromatic carbocycles. The Hall–Kier alpha value is -4.37. The topological polar surface area (TPSA) is 124 Å². The Balaban J connectivity index is 1.39. The van der Waals surface area contributed by atoms with Crippen molar-refractivity contribution < 1.29 is 14.4 Å². The summed E-state index contributed by atoms with van der Waals surface area (Å²) in [4.78, 5) is 44.1. The highest BCUT2D eigenvalue weighted by Gasteiger charge is 2.25. The lowest BCUT2D eigenvalue weighted by Gasteiger charge is -2.32. The Kier molecular flexibility index (Phi) is 5.84. The van der Waals surface area contributed by atoms with Crippen molar-refractivity contribution in [2.24, 2.45) is 5.73 Å². The van der Waals surface area contributed by atoms with Gasteiger partial charge in [0.1, 0.15) is 0 Å². The van der Waals surface area contributed by atoms with E-state index >= 15 is 0 Å². The van der Waals surface area contributed by atoms with Crippen molar-refractivity contribution in [1.29, 1.82) is 0 Å². The Bertz CT molecular complexity index is 1350. The number of H-pyrrole nitrogens is 1. The molecule has 178 valence electrons. The van der Waals surface area contributed by atoms with Crippen molar-refractivity contribution in [2.75, 3.05) is 43.9 Å². The number of anilines is 2. The van der Waals surface area contributed by atoms with Crippen LogP contribution in [-0.4, -0.2) is 65.9 Å². The second-order valence-corrected chi connectivity index (χ2v) is 8.78. The van der Waals surface area contributed by atoms with Crippen LogP contribution in [0.2, 0.25) is 0 Å². The number of likely N-dealkylation sites (N-methyl/N-ethyl adjacent to an activating group) is 1. The number of aromatic nitrogens is 1. The zero-order valence-electron chi connectivity index (χ0n) is 19.3. The molecule has 0 saturated carbocycles. The lowest BCUT2D eigenvalue weighted by molar-refractivity contribution is -0.110. The summed E-state index contributed by atoms with van der Waals surface area (Å²) in [6, 6.07) is 14.0. The third-order valence-electron chi connectivity index (χ3n) is 6.31. The van der Waals surface area contributed by atoms with Gasteiger partial charge in [-0.3, -0.25) is 9.59 Å². The summed E-state index contributed by atoms with van der Waals surface area (Å²) in [6.45, 7) is 3.19. The van der Waals surface area contributed by atoms with E-state index in [2.05, 4.69) is 27.6 Å². The standard InChI is InChI=1S/C26H26N6O3/c1-31-7-9-32(10-8-31)25(34)17-4-2-3-16(11-17)18-12-20(28-15-18)14-22-21-13-19(29-26(27)35)5-6-23(21)30-24(22)33/h2-6,11-15,28H,7-10H2,1H3,(H,30,33)(H3,27,29,35). The van der Waals surface area contributed by atoms with Gasteiger partial charge in [-0.2, -0.15) is 0 Å². The van der Waals surface area contributed by atoms with Crippen LogP contribution in [0.1, 0.15) is 21.6 Å². The summed E-state index contributed by atoms with van der Waals surface area (Å²) >= 11 is 0. The maximum atomic E-state index is 13.0. The van der Waals surface area contributed by atoms with Crippen LogP contribution in [0.3, 0.4) is 0 Å². The number of nitrogens with zero attached hydrogens (tertiary/aromatic N) is 2. The molecule has 4 amide bonds. The van der Waals surface area contributed by atoms with Gasteiger partial charge < -0.3 is 31.2 Å². The van der Waals surface area contributed by atoms with E-state index in [0.29, 0.717) is 28.1 Å². The lowest BCUT2D eigenvalue weighted by Crippen LogP contribution is -2.47. The third kappa shape index (κ3) is 4.67. The summed E-state index contributed by atoms with van der Waals surface area (Å²) in [5, 5.41) is 5.36. The van der Waals surface area contributed by atoms with E-state index in [9.17, 15) is 14.4 Å². The number of rotatable bonds is 4. The minimum atomic E-state index is -0.671. The van der Waals surface area contributed by atoms with Gasteiger partial charge in [0.15, 0.2) is 0 Å². The molecular weight excluding hydrogens is 444 g/mol. The summed E-state index contributed by atoms with van der Waals surface area (Å²) in [6.07, 6.45) is 3.61. The molecule has 9 heteroatoms. The average Bonchev–Trinajstić information content (AvgIpc) is 3.44. The number of carbonyl (C=O) groups excluding carboxylic acids is 3. The number of amides is 4. The number of benzene rings is 2. The van der Waals surface area contributed by atoms with Gasteiger partial charge in [-0.05, 0) is 60.6 Å². The SMILES string of the molecule is CN1CCN(C(=O)c2cccc(-c3c[nH]c(C=C4C(=O)Nc5ccc(NC(N)=O)cc54)c3)c2)CC1. The molecule has 1 saturated heterocycles.